The average molecular weight is 247 g/mol. The standard InChI is InChI=1S/C10H17NO4S/c1-11(2)8(12)6-16(15)7-10(3-4-10)5-9(13)14/h3-7H2,1-2H3,(H,13,14). The fourth-order valence-electron chi connectivity index (χ4n) is 1.53. The second-order valence-corrected chi connectivity index (χ2v) is 6.04. The molecular weight excluding hydrogens is 230 g/mol. The van der Waals surface area contributed by atoms with E-state index in [4.69, 9.17) is 5.11 Å². The summed E-state index contributed by atoms with van der Waals surface area (Å²) in [5.74, 6) is -0.703. The lowest BCUT2D eigenvalue weighted by Gasteiger charge is -2.13. The third-order valence-electron chi connectivity index (χ3n) is 2.73. The van der Waals surface area contributed by atoms with Crippen molar-refractivity contribution in [1.29, 1.82) is 0 Å². The van der Waals surface area contributed by atoms with Gasteiger partial charge in [-0.15, -0.1) is 0 Å². The van der Waals surface area contributed by atoms with Crippen LogP contribution >= 0.6 is 0 Å². The Morgan fingerprint density at radius 2 is 1.94 bits per heavy atom. The summed E-state index contributed by atoms with van der Waals surface area (Å²) in [5, 5.41) is 8.70. The van der Waals surface area contributed by atoms with Crippen molar-refractivity contribution >= 4 is 22.7 Å². The van der Waals surface area contributed by atoms with Gasteiger partial charge in [0.1, 0.15) is 5.75 Å². The van der Waals surface area contributed by atoms with E-state index >= 15 is 0 Å². The largest absolute Gasteiger partial charge is 0.481 e. The van der Waals surface area contributed by atoms with Crippen molar-refractivity contribution in [2.75, 3.05) is 25.6 Å². The summed E-state index contributed by atoms with van der Waals surface area (Å²) < 4.78 is 11.7. The minimum absolute atomic E-state index is 0.00559. The minimum Gasteiger partial charge on any atom is -0.481 e. The Bertz CT molecular complexity index is 323. The van der Waals surface area contributed by atoms with E-state index < -0.39 is 16.8 Å². The summed E-state index contributed by atoms with van der Waals surface area (Å²) in [4.78, 5) is 23.3. The molecule has 1 amide bonds. The van der Waals surface area contributed by atoms with Crippen molar-refractivity contribution in [3.63, 3.8) is 0 Å². The summed E-state index contributed by atoms with van der Waals surface area (Å²) >= 11 is 0. The smallest absolute Gasteiger partial charge is 0.303 e. The van der Waals surface area contributed by atoms with E-state index in [9.17, 15) is 13.8 Å². The van der Waals surface area contributed by atoms with Crippen molar-refractivity contribution in [3.8, 4) is 0 Å². The number of carbonyl (C=O) groups excluding carboxylic acids is 1. The molecule has 1 aliphatic rings. The number of carbonyl (C=O) groups is 2. The van der Waals surface area contributed by atoms with Crippen LogP contribution in [0.2, 0.25) is 0 Å². The third-order valence-corrected chi connectivity index (χ3v) is 4.24. The zero-order valence-electron chi connectivity index (χ0n) is 9.56. The molecule has 1 N–H and O–H groups in total. The van der Waals surface area contributed by atoms with E-state index in [1.807, 2.05) is 0 Å². The molecule has 0 saturated heterocycles. The fourth-order valence-corrected chi connectivity index (χ4v) is 3.24. The van der Waals surface area contributed by atoms with Gasteiger partial charge in [0.05, 0.1) is 6.42 Å². The Labute approximate surface area is 97.3 Å². The molecule has 0 aromatic heterocycles. The maximum absolute atomic E-state index is 11.7. The van der Waals surface area contributed by atoms with Gasteiger partial charge in [0.15, 0.2) is 0 Å². The van der Waals surface area contributed by atoms with Crippen LogP contribution in [-0.2, 0) is 20.4 Å². The van der Waals surface area contributed by atoms with Crippen LogP contribution in [0.3, 0.4) is 0 Å². The van der Waals surface area contributed by atoms with Gasteiger partial charge in [-0.1, -0.05) is 0 Å². The molecule has 0 bridgehead atoms. The van der Waals surface area contributed by atoms with E-state index in [-0.39, 0.29) is 23.5 Å². The van der Waals surface area contributed by atoms with Gasteiger partial charge in [-0.2, -0.15) is 0 Å². The molecule has 6 heteroatoms. The molecule has 0 aromatic rings. The van der Waals surface area contributed by atoms with Gasteiger partial charge in [0.25, 0.3) is 0 Å². The average Bonchev–Trinajstić information content (AvgIpc) is 2.82. The second-order valence-electron chi connectivity index (χ2n) is 4.59. The van der Waals surface area contributed by atoms with Crippen LogP contribution in [0.25, 0.3) is 0 Å². The molecule has 1 fully saturated rings. The molecule has 1 aliphatic carbocycles. The molecule has 5 nitrogen and oxygen atoms in total. The highest BCUT2D eigenvalue weighted by Gasteiger charge is 2.45. The highest BCUT2D eigenvalue weighted by Crippen LogP contribution is 2.49. The number of aliphatic carboxylic acids is 1. The van der Waals surface area contributed by atoms with Crippen molar-refractivity contribution in [1.82, 2.24) is 4.90 Å². The molecule has 1 rings (SSSR count). The van der Waals surface area contributed by atoms with Crippen molar-refractivity contribution < 1.29 is 18.9 Å². The molecule has 92 valence electrons. The summed E-state index contributed by atoms with van der Waals surface area (Å²) in [6.45, 7) is 0. The van der Waals surface area contributed by atoms with Crippen LogP contribution in [0.5, 0.6) is 0 Å². The molecule has 0 heterocycles. The Hall–Kier alpha value is -0.910. The van der Waals surface area contributed by atoms with Crippen molar-refractivity contribution in [3.05, 3.63) is 0 Å². The zero-order chi connectivity index (χ0) is 12.3. The highest BCUT2D eigenvalue weighted by atomic mass is 32.2. The molecular formula is C10H17NO4S. The summed E-state index contributed by atoms with van der Waals surface area (Å²) in [5.41, 5.74) is -0.302. The number of carboxylic acid groups (broad SMARTS) is 1. The van der Waals surface area contributed by atoms with Gasteiger partial charge in [0, 0.05) is 30.6 Å². The Morgan fingerprint density at radius 3 is 2.31 bits per heavy atom. The monoisotopic (exact) mass is 247 g/mol. The van der Waals surface area contributed by atoms with Crippen molar-refractivity contribution in [2.45, 2.75) is 19.3 Å². The predicted molar refractivity (Wildman–Crippen MR) is 60.5 cm³/mol. The molecule has 0 spiro atoms. The minimum atomic E-state index is -1.25. The first-order valence-corrected chi connectivity index (χ1v) is 6.60. The molecule has 1 unspecified atom stereocenters. The van der Waals surface area contributed by atoms with Gasteiger partial charge in [-0.05, 0) is 18.3 Å². The molecule has 1 atom stereocenters. The van der Waals surface area contributed by atoms with E-state index in [1.54, 1.807) is 14.1 Å². The SMILES string of the molecule is CN(C)C(=O)CS(=O)CC1(CC(=O)O)CC1. The van der Waals surface area contributed by atoms with Crippen LogP contribution in [0.15, 0.2) is 0 Å². The number of hydrogen-bond donors (Lipinski definition) is 1. The van der Waals surface area contributed by atoms with E-state index in [2.05, 4.69) is 0 Å². The molecule has 0 radical (unpaired) electrons. The number of hydrogen-bond acceptors (Lipinski definition) is 3. The molecule has 1 saturated carbocycles. The first-order valence-electron chi connectivity index (χ1n) is 5.12. The topological polar surface area (TPSA) is 74.7 Å². The zero-order valence-corrected chi connectivity index (χ0v) is 10.4. The fraction of sp³-hybridized carbons (Fsp3) is 0.800. The maximum atomic E-state index is 11.7. The first-order chi connectivity index (χ1) is 7.34. The lowest BCUT2D eigenvalue weighted by atomic mass is 10.1. The molecule has 16 heavy (non-hydrogen) atoms. The van der Waals surface area contributed by atoms with Crippen LogP contribution in [-0.4, -0.2) is 51.7 Å². The van der Waals surface area contributed by atoms with E-state index in [1.165, 1.54) is 4.90 Å². The van der Waals surface area contributed by atoms with Crippen LogP contribution in [0.4, 0.5) is 0 Å². The summed E-state index contributed by atoms with van der Waals surface area (Å²) in [6, 6.07) is 0. The van der Waals surface area contributed by atoms with Gasteiger partial charge >= 0.3 is 5.97 Å². The predicted octanol–water partition coefficient (Wildman–Crippen LogP) is 0.0782. The maximum Gasteiger partial charge on any atom is 0.303 e. The summed E-state index contributed by atoms with van der Waals surface area (Å²) in [6.07, 6.45) is 1.68. The number of rotatable bonds is 6. The highest BCUT2D eigenvalue weighted by molar-refractivity contribution is 7.85. The second kappa shape index (κ2) is 4.95. The Morgan fingerprint density at radius 1 is 1.38 bits per heavy atom. The van der Waals surface area contributed by atoms with Crippen LogP contribution in [0, 0.1) is 5.41 Å². The number of carboxylic acids is 1. The molecule has 0 aromatic carbocycles. The van der Waals surface area contributed by atoms with E-state index in [0.29, 0.717) is 5.75 Å². The van der Waals surface area contributed by atoms with Gasteiger partial charge in [-0.25, -0.2) is 0 Å². The lowest BCUT2D eigenvalue weighted by Crippen LogP contribution is -2.29. The van der Waals surface area contributed by atoms with Crippen LogP contribution in [0.1, 0.15) is 19.3 Å². The lowest BCUT2D eigenvalue weighted by molar-refractivity contribution is -0.138. The van der Waals surface area contributed by atoms with Gasteiger partial charge in [-0.3, -0.25) is 13.8 Å². The van der Waals surface area contributed by atoms with Crippen LogP contribution < -0.4 is 0 Å². The van der Waals surface area contributed by atoms with Gasteiger partial charge < -0.3 is 10.0 Å². The Balaban J connectivity index is 2.40. The number of amides is 1. The quantitative estimate of drug-likeness (QED) is 0.721. The number of nitrogens with zero attached hydrogens (tertiary/aromatic N) is 1. The normalized spacial score (nSPS) is 18.9. The van der Waals surface area contributed by atoms with Gasteiger partial charge in [0.2, 0.25) is 5.91 Å². The molecule has 0 aliphatic heterocycles. The summed E-state index contributed by atoms with van der Waals surface area (Å²) in [7, 11) is 1.98. The Kier molecular flexibility index (Phi) is 4.07. The van der Waals surface area contributed by atoms with Crippen molar-refractivity contribution in [2.24, 2.45) is 5.41 Å². The third kappa shape index (κ3) is 3.92. The van der Waals surface area contributed by atoms with E-state index in [0.717, 1.165) is 12.8 Å². The first kappa shape index (κ1) is 13.2.